The van der Waals surface area contributed by atoms with Crippen LogP contribution < -0.4 is 10.0 Å². The van der Waals surface area contributed by atoms with Gasteiger partial charge in [-0.15, -0.1) is 0 Å². The number of hydrogen-bond donors (Lipinski definition) is 3. The molecular weight excluding hydrogens is 432 g/mol. The molecule has 0 aliphatic carbocycles. The minimum absolute atomic E-state index is 0.0527. The SMILES string of the molecule is Cc1ccc(NS(=O)(=O)c2ccc(NC(=O)CC(C(=O)O)N3CCN(C)CC3)cc2)cc1. The number of sulfonamides is 1. The predicted octanol–water partition coefficient (Wildman–Crippen LogP) is 1.83. The van der Waals surface area contributed by atoms with Gasteiger partial charge in [-0.3, -0.25) is 19.2 Å². The summed E-state index contributed by atoms with van der Waals surface area (Å²) in [5.41, 5.74) is 1.87. The zero-order valence-electron chi connectivity index (χ0n) is 18.1. The second-order valence-electron chi connectivity index (χ2n) is 7.94. The Kier molecular flexibility index (Phi) is 7.49. The molecule has 2 aromatic rings. The first-order chi connectivity index (χ1) is 15.1. The lowest BCUT2D eigenvalue weighted by molar-refractivity contribution is -0.145. The molecule has 3 rings (SSSR count). The first-order valence-electron chi connectivity index (χ1n) is 10.3. The highest BCUT2D eigenvalue weighted by molar-refractivity contribution is 7.92. The Bertz CT molecular complexity index is 1050. The monoisotopic (exact) mass is 460 g/mol. The zero-order chi connectivity index (χ0) is 23.3. The number of aliphatic carboxylic acids is 1. The molecular formula is C22H28N4O5S. The maximum absolute atomic E-state index is 12.6. The van der Waals surface area contributed by atoms with Crippen molar-refractivity contribution in [3.8, 4) is 0 Å². The van der Waals surface area contributed by atoms with Crippen LogP contribution >= 0.6 is 0 Å². The number of carbonyl (C=O) groups excluding carboxylic acids is 1. The molecule has 1 heterocycles. The fourth-order valence-corrected chi connectivity index (χ4v) is 4.51. The molecule has 1 amide bonds. The largest absolute Gasteiger partial charge is 0.480 e. The molecule has 3 N–H and O–H groups in total. The maximum Gasteiger partial charge on any atom is 0.321 e. The second-order valence-corrected chi connectivity index (χ2v) is 9.62. The van der Waals surface area contributed by atoms with E-state index in [0.717, 1.165) is 18.7 Å². The Hall–Kier alpha value is -2.95. The van der Waals surface area contributed by atoms with Crippen molar-refractivity contribution in [2.75, 3.05) is 43.3 Å². The van der Waals surface area contributed by atoms with Crippen LogP contribution in [0.4, 0.5) is 11.4 Å². The Morgan fingerprint density at radius 3 is 2.09 bits per heavy atom. The van der Waals surface area contributed by atoms with Gasteiger partial charge in [0.25, 0.3) is 10.0 Å². The standard InChI is InChI=1S/C22H28N4O5S/c1-16-3-5-18(6-4-16)24-32(30,31)19-9-7-17(8-10-19)23-21(27)15-20(22(28)29)26-13-11-25(2)12-14-26/h3-10,20,24H,11-15H2,1-2H3,(H,23,27)(H,28,29). The summed E-state index contributed by atoms with van der Waals surface area (Å²) in [6.45, 7) is 4.58. The summed E-state index contributed by atoms with van der Waals surface area (Å²) in [6.07, 6.45) is -0.186. The zero-order valence-corrected chi connectivity index (χ0v) is 18.9. The van der Waals surface area contributed by atoms with Crippen LogP contribution in [0.25, 0.3) is 0 Å². The lowest BCUT2D eigenvalue weighted by Crippen LogP contribution is -2.52. The van der Waals surface area contributed by atoms with Crippen molar-refractivity contribution >= 4 is 33.3 Å². The third-order valence-electron chi connectivity index (χ3n) is 5.39. The Balaban J connectivity index is 1.61. The maximum atomic E-state index is 12.6. The molecule has 0 bridgehead atoms. The van der Waals surface area contributed by atoms with E-state index in [0.29, 0.717) is 24.5 Å². The highest BCUT2D eigenvalue weighted by Gasteiger charge is 2.30. The topological polar surface area (TPSA) is 119 Å². The van der Waals surface area contributed by atoms with Crippen LogP contribution in [0, 0.1) is 6.92 Å². The number of piperazine rings is 1. The van der Waals surface area contributed by atoms with Gasteiger partial charge in [-0.25, -0.2) is 8.42 Å². The molecule has 0 radical (unpaired) electrons. The number of nitrogens with zero attached hydrogens (tertiary/aromatic N) is 2. The molecule has 1 aliphatic rings. The molecule has 1 unspecified atom stereocenters. The summed E-state index contributed by atoms with van der Waals surface area (Å²) in [5.74, 6) is -1.47. The fourth-order valence-electron chi connectivity index (χ4n) is 3.45. The van der Waals surface area contributed by atoms with Crippen LogP contribution in [0.15, 0.2) is 53.4 Å². The van der Waals surface area contributed by atoms with Gasteiger partial charge >= 0.3 is 5.97 Å². The number of amides is 1. The van der Waals surface area contributed by atoms with E-state index in [1.165, 1.54) is 24.3 Å². The van der Waals surface area contributed by atoms with Crippen molar-refractivity contribution in [3.05, 3.63) is 54.1 Å². The number of carboxylic acid groups (broad SMARTS) is 1. The van der Waals surface area contributed by atoms with E-state index >= 15 is 0 Å². The van der Waals surface area contributed by atoms with Crippen molar-refractivity contribution in [1.82, 2.24) is 9.80 Å². The number of likely N-dealkylation sites (N-methyl/N-ethyl adjacent to an activating group) is 1. The minimum atomic E-state index is -3.77. The van der Waals surface area contributed by atoms with Gasteiger partial charge in [0.15, 0.2) is 0 Å². The number of nitrogens with one attached hydrogen (secondary N) is 2. The van der Waals surface area contributed by atoms with Crippen LogP contribution in [0.2, 0.25) is 0 Å². The number of carbonyl (C=O) groups is 2. The summed E-state index contributed by atoms with van der Waals surface area (Å²) >= 11 is 0. The van der Waals surface area contributed by atoms with Crippen LogP contribution in [0.3, 0.4) is 0 Å². The van der Waals surface area contributed by atoms with E-state index in [9.17, 15) is 23.1 Å². The quantitative estimate of drug-likeness (QED) is 0.550. The fraction of sp³-hybridized carbons (Fsp3) is 0.364. The van der Waals surface area contributed by atoms with Crippen molar-refractivity contribution in [2.45, 2.75) is 24.3 Å². The van der Waals surface area contributed by atoms with Crippen LogP contribution in [0.5, 0.6) is 0 Å². The molecule has 10 heteroatoms. The van der Waals surface area contributed by atoms with Gasteiger partial charge in [0.05, 0.1) is 11.3 Å². The number of aryl methyl sites for hydroxylation is 1. The Labute approximate surface area is 188 Å². The average Bonchev–Trinajstić information content (AvgIpc) is 2.74. The lowest BCUT2D eigenvalue weighted by Gasteiger charge is -2.35. The first kappa shape index (κ1) is 23.7. The van der Waals surface area contributed by atoms with Gasteiger partial charge in [-0.1, -0.05) is 17.7 Å². The molecule has 1 atom stereocenters. The summed E-state index contributed by atoms with van der Waals surface area (Å²) in [7, 11) is -1.80. The van der Waals surface area contributed by atoms with Gasteiger partial charge in [0.1, 0.15) is 6.04 Å². The van der Waals surface area contributed by atoms with Crippen molar-refractivity contribution < 1.29 is 23.1 Å². The molecule has 1 saturated heterocycles. The van der Waals surface area contributed by atoms with Gasteiger partial charge in [-0.2, -0.15) is 0 Å². The van der Waals surface area contributed by atoms with Crippen LogP contribution in [-0.2, 0) is 19.6 Å². The molecule has 0 saturated carbocycles. The van der Waals surface area contributed by atoms with Gasteiger partial charge < -0.3 is 15.3 Å². The summed E-state index contributed by atoms with van der Waals surface area (Å²) in [6, 6.07) is 11.8. The second kappa shape index (κ2) is 10.1. The highest BCUT2D eigenvalue weighted by Crippen LogP contribution is 2.19. The van der Waals surface area contributed by atoms with E-state index in [1.807, 2.05) is 26.1 Å². The number of benzene rings is 2. The molecule has 1 aliphatic heterocycles. The molecule has 32 heavy (non-hydrogen) atoms. The third kappa shape index (κ3) is 6.28. The molecule has 0 aromatic heterocycles. The summed E-state index contributed by atoms with van der Waals surface area (Å²) < 4.78 is 27.6. The minimum Gasteiger partial charge on any atom is -0.480 e. The normalized spacial score (nSPS) is 16.3. The van der Waals surface area contributed by atoms with Crippen molar-refractivity contribution in [1.29, 1.82) is 0 Å². The van der Waals surface area contributed by atoms with Crippen LogP contribution in [0.1, 0.15) is 12.0 Å². The number of carboxylic acids is 1. The average molecular weight is 461 g/mol. The van der Waals surface area contributed by atoms with Crippen molar-refractivity contribution in [3.63, 3.8) is 0 Å². The lowest BCUT2D eigenvalue weighted by atomic mass is 10.1. The first-order valence-corrected chi connectivity index (χ1v) is 11.8. The summed E-state index contributed by atoms with van der Waals surface area (Å²) in [4.78, 5) is 28.1. The van der Waals surface area contributed by atoms with E-state index < -0.39 is 27.9 Å². The third-order valence-corrected chi connectivity index (χ3v) is 6.79. The van der Waals surface area contributed by atoms with E-state index in [2.05, 4.69) is 14.9 Å². The molecule has 1 fully saturated rings. The van der Waals surface area contributed by atoms with Crippen LogP contribution in [-0.4, -0.2) is 74.5 Å². The molecule has 2 aromatic carbocycles. The van der Waals surface area contributed by atoms with Gasteiger partial charge in [0.2, 0.25) is 5.91 Å². The Morgan fingerprint density at radius 1 is 0.969 bits per heavy atom. The number of rotatable bonds is 8. The van der Waals surface area contributed by atoms with Crippen molar-refractivity contribution in [2.24, 2.45) is 0 Å². The molecule has 9 nitrogen and oxygen atoms in total. The smallest absolute Gasteiger partial charge is 0.321 e. The Morgan fingerprint density at radius 2 is 1.53 bits per heavy atom. The number of hydrogen-bond acceptors (Lipinski definition) is 6. The predicted molar refractivity (Wildman–Crippen MR) is 122 cm³/mol. The summed E-state index contributed by atoms with van der Waals surface area (Å²) in [5, 5.41) is 12.2. The van der Waals surface area contributed by atoms with Gasteiger partial charge in [0, 0.05) is 37.6 Å². The van der Waals surface area contributed by atoms with E-state index in [-0.39, 0.29) is 11.3 Å². The molecule has 0 spiro atoms. The molecule has 172 valence electrons. The highest BCUT2D eigenvalue weighted by atomic mass is 32.2. The van der Waals surface area contributed by atoms with E-state index in [4.69, 9.17) is 0 Å². The van der Waals surface area contributed by atoms with Gasteiger partial charge in [-0.05, 0) is 50.4 Å². The van der Waals surface area contributed by atoms with E-state index in [1.54, 1.807) is 17.0 Å². The number of anilines is 2.